The fourth-order valence-electron chi connectivity index (χ4n) is 1.90. The second-order valence-electron chi connectivity index (χ2n) is 4.47. The van der Waals surface area contributed by atoms with Gasteiger partial charge in [0.25, 0.3) is 5.91 Å². The van der Waals surface area contributed by atoms with Gasteiger partial charge in [-0.1, -0.05) is 36.4 Å². The van der Waals surface area contributed by atoms with Crippen molar-refractivity contribution in [1.29, 1.82) is 0 Å². The summed E-state index contributed by atoms with van der Waals surface area (Å²) >= 11 is 0. The molecule has 0 bridgehead atoms. The first-order valence-corrected chi connectivity index (χ1v) is 5.95. The van der Waals surface area contributed by atoms with Crippen LogP contribution in [0, 0.1) is 0 Å². The van der Waals surface area contributed by atoms with Crippen LogP contribution in [0.1, 0.15) is 6.92 Å². The van der Waals surface area contributed by atoms with Gasteiger partial charge in [-0.15, -0.1) is 0 Å². The van der Waals surface area contributed by atoms with E-state index >= 15 is 0 Å². The molecule has 0 fully saturated rings. The second-order valence-corrected chi connectivity index (χ2v) is 4.47. The van der Waals surface area contributed by atoms with Crippen molar-refractivity contribution in [1.82, 2.24) is 4.90 Å². The van der Waals surface area contributed by atoms with Crippen molar-refractivity contribution in [3.05, 3.63) is 42.5 Å². The van der Waals surface area contributed by atoms with Crippen LogP contribution in [0.5, 0.6) is 5.75 Å². The summed E-state index contributed by atoms with van der Waals surface area (Å²) in [5.74, 6) is 0.707. The average molecular weight is 243 g/mol. The van der Waals surface area contributed by atoms with Gasteiger partial charge in [0.1, 0.15) is 5.75 Å². The van der Waals surface area contributed by atoms with Gasteiger partial charge in [-0.2, -0.15) is 0 Å². The Labute approximate surface area is 107 Å². The maximum Gasteiger partial charge on any atom is 0.262 e. The Morgan fingerprint density at radius 2 is 1.78 bits per heavy atom. The SMILES string of the molecule is CC(Oc1cccc2ccccc12)C(=O)N(C)C. The number of fused-ring (bicyclic) bond motifs is 1. The molecule has 0 saturated carbocycles. The lowest BCUT2D eigenvalue weighted by Gasteiger charge is -2.19. The number of likely N-dealkylation sites (N-methyl/N-ethyl adjacent to an activating group) is 1. The molecular weight excluding hydrogens is 226 g/mol. The monoisotopic (exact) mass is 243 g/mol. The lowest BCUT2D eigenvalue weighted by atomic mass is 10.1. The fraction of sp³-hybridized carbons (Fsp3) is 0.267. The highest BCUT2D eigenvalue weighted by atomic mass is 16.5. The predicted octanol–water partition coefficient (Wildman–Crippen LogP) is 2.70. The molecule has 2 aromatic carbocycles. The van der Waals surface area contributed by atoms with Crippen LogP contribution in [0.2, 0.25) is 0 Å². The molecule has 1 amide bonds. The first kappa shape index (κ1) is 12.4. The largest absolute Gasteiger partial charge is 0.480 e. The Morgan fingerprint density at radius 3 is 2.50 bits per heavy atom. The Balaban J connectivity index is 2.29. The minimum absolute atomic E-state index is 0.0389. The number of hydrogen-bond donors (Lipinski definition) is 0. The molecule has 0 radical (unpaired) electrons. The van der Waals surface area contributed by atoms with Gasteiger partial charge in [-0.25, -0.2) is 0 Å². The molecule has 0 aliphatic heterocycles. The first-order chi connectivity index (χ1) is 8.59. The van der Waals surface area contributed by atoms with Crippen molar-refractivity contribution in [3.8, 4) is 5.75 Å². The zero-order valence-corrected chi connectivity index (χ0v) is 10.9. The van der Waals surface area contributed by atoms with E-state index in [0.29, 0.717) is 0 Å². The van der Waals surface area contributed by atoms with E-state index in [-0.39, 0.29) is 5.91 Å². The highest BCUT2D eigenvalue weighted by Gasteiger charge is 2.17. The number of carbonyl (C=O) groups is 1. The van der Waals surface area contributed by atoms with E-state index in [9.17, 15) is 4.79 Å². The fourth-order valence-corrected chi connectivity index (χ4v) is 1.90. The number of nitrogens with zero attached hydrogens (tertiary/aromatic N) is 1. The second kappa shape index (κ2) is 5.08. The van der Waals surface area contributed by atoms with E-state index in [1.54, 1.807) is 21.0 Å². The minimum Gasteiger partial charge on any atom is -0.480 e. The van der Waals surface area contributed by atoms with Crippen molar-refractivity contribution in [2.75, 3.05) is 14.1 Å². The molecule has 1 atom stereocenters. The van der Waals surface area contributed by atoms with Crippen LogP contribution in [0.15, 0.2) is 42.5 Å². The van der Waals surface area contributed by atoms with Gasteiger partial charge in [-0.05, 0) is 18.4 Å². The predicted molar refractivity (Wildman–Crippen MR) is 72.7 cm³/mol. The van der Waals surface area contributed by atoms with Gasteiger partial charge < -0.3 is 9.64 Å². The van der Waals surface area contributed by atoms with Crippen LogP contribution in [-0.2, 0) is 4.79 Å². The Hall–Kier alpha value is -2.03. The third kappa shape index (κ3) is 2.45. The maximum atomic E-state index is 11.8. The molecule has 1 unspecified atom stereocenters. The molecule has 3 heteroatoms. The number of hydrogen-bond acceptors (Lipinski definition) is 2. The number of carbonyl (C=O) groups excluding carboxylic acids is 1. The van der Waals surface area contributed by atoms with Crippen LogP contribution in [-0.4, -0.2) is 31.0 Å². The molecular formula is C15H17NO2. The molecule has 0 aliphatic carbocycles. The molecule has 0 heterocycles. The van der Waals surface area contributed by atoms with Crippen molar-refractivity contribution in [2.24, 2.45) is 0 Å². The van der Waals surface area contributed by atoms with Crippen LogP contribution in [0.4, 0.5) is 0 Å². The van der Waals surface area contributed by atoms with E-state index in [2.05, 4.69) is 0 Å². The van der Waals surface area contributed by atoms with Crippen molar-refractivity contribution in [3.63, 3.8) is 0 Å². The lowest BCUT2D eigenvalue weighted by Crippen LogP contribution is -2.35. The van der Waals surface area contributed by atoms with Crippen LogP contribution < -0.4 is 4.74 Å². The minimum atomic E-state index is -0.481. The van der Waals surface area contributed by atoms with Gasteiger partial charge in [0.2, 0.25) is 0 Å². The molecule has 18 heavy (non-hydrogen) atoms. The third-order valence-electron chi connectivity index (χ3n) is 2.84. The third-order valence-corrected chi connectivity index (χ3v) is 2.84. The van der Waals surface area contributed by atoms with Crippen LogP contribution >= 0.6 is 0 Å². The summed E-state index contributed by atoms with van der Waals surface area (Å²) in [5.41, 5.74) is 0. The zero-order valence-electron chi connectivity index (χ0n) is 10.9. The van der Waals surface area contributed by atoms with Crippen molar-refractivity contribution < 1.29 is 9.53 Å². The summed E-state index contributed by atoms with van der Waals surface area (Å²) < 4.78 is 5.76. The Bertz CT molecular complexity index is 558. The Kier molecular flexibility index (Phi) is 3.51. The molecule has 2 aromatic rings. The summed E-state index contributed by atoms with van der Waals surface area (Å²) in [5, 5.41) is 2.14. The van der Waals surface area contributed by atoms with E-state index in [4.69, 9.17) is 4.74 Å². The summed E-state index contributed by atoms with van der Waals surface area (Å²) in [6.45, 7) is 1.77. The number of ether oxygens (including phenoxy) is 1. The van der Waals surface area contributed by atoms with E-state index < -0.39 is 6.10 Å². The van der Waals surface area contributed by atoms with E-state index in [1.165, 1.54) is 4.90 Å². The molecule has 0 aliphatic rings. The molecule has 0 N–H and O–H groups in total. The lowest BCUT2D eigenvalue weighted by molar-refractivity contribution is -0.135. The van der Waals surface area contributed by atoms with Crippen molar-refractivity contribution in [2.45, 2.75) is 13.0 Å². The van der Waals surface area contributed by atoms with Gasteiger partial charge >= 0.3 is 0 Å². The van der Waals surface area contributed by atoms with Gasteiger partial charge in [-0.3, -0.25) is 4.79 Å². The number of amides is 1. The van der Waals surface area contributed by atoms with Gasteiger partial charge in [0.05, 0.1) is 0 Å². The van der Waals surface area contributed by atoms with E-state index in [1.807, 2.05) is 42.5 Å². The molecule has 0 aromatic heterocycles. The molecule has 2 rings (SSSR count). The quantitative estimate of drug-likeness (QED) is 0.829. The smallest absolute Gasteiger partial charge is 0.262 e. The van der Waals surface area contributed by atoms with E-state index in [0.717, 1.165) is 16.5 Å². The maximum absolute atomic E-state index is 11.8. The molecule has 3 nitrogen and oxygen atoms in total. The van der Waals surface area contributed by atoms with Crippen LogP contribution in [0.25, 0.3) is 10.8 Å². The standard InChI is InChI=1S/C15H17NO2/c1-11(15(17)16(2)3)18-14-10-6-8-12-7-4-5-9-13(12)14/h4-11H,1-3H3. The number of benzene rings is 2. The van der Waals surface area contributed by atoms with Crippen LogP contribution in [0.3, 0.4) is 0 Å². The van der Waals surface area contributed by atoms with Gasteiger partial charge in [0.15, 0.2) is 6.10 Å². The topological polar surface area (TPSA) is 29.5 Å². The summed E-state index contributed by atoms with van der Waals surface area (Å²) in [7, 11) is 3.45. The van der Waals surface area contributed by atoms with Crippen molar-refractivity contribution >= 4 is 16.7 Å². The number of rotatable bonds is 3. The highest BCUT2D eigenvalue weighted by Crippen LogP contribution is 2.26. The summed E-state index contributed by atoms with van der Waals surface area (Å²) in [6.07, 6.45) is -0.481. The average Bonchev–Trinajstić information content (AvgIpc) is 2.38. The molecule has 0 spiro atoms. The Morgan fingerprint density at radius 1 is 1.11 bits per heavy atom. The summed E-state index contributed by atoms with van der Waals surface area (Å²) in [4.78, 5) is 13.3. The normalized spacial score (nSPS) is 12.2. The first-order valence-electron chi connectivity index (χ1n) is 5.95. The zero-order chi connectivity index (χ0) is 13.1. The summed E-state index contributed by atoms with van der Waals surface area (Å²) in [6, 6.07) is 13.8. The highest BCUT2D eigenvalue weighted by molar-refractivity contribution is 5.89. The van der Waals surface area contributed by atoms with Gasteiger partial charge in [0, 0.05) is 19.5 Å². The molecule has 0 saturated heterocycles. The molecule has 94 valence electrons.